The first-order chi connectivity index (χ1) is 8.91. The van der Waals surface area contributed by atoms with Crippen molar-refractivity contribution in [2.24, 2.45) is 0 Å². The summed E-state index contributed by atoms with van der Waals surface area (Å²) in [5.41, 5.74) is 0.443. The molecule has 1 amide bonds. The zero-order valence-corrected chi connectivity index (χ0v) is 13.0. The number of carbonyl (C=O) groups excluding carboxylic acids is 1. The minimum atomic E-state index is -0.558. The third kappa shape index (κ3) is 3.18. The summed E-state index contributed by atoms with van der Waals surface area (Å²) >= 11 is 3.41. The third-order valence-corrected chi connectivity index (χ3v) is 4.31. The maximum absolute atomic E-state index is 12.7. The normalized spacial score (nSPS) is 20.4. The number of amides is 1. The molecule has 0 saturated carbocycles. The molecule has 1 aromatic rings. The van der Waals surface area contributed by atoms with Crippen molar-refractivity contribution in [1.82, 2.24) is 4.90 Å². The zero-order chi connectivity index (χ0) is 14.0. The van der Waals surface area contributed by atoms with Crippen molar-refractivity contribution in [1.29, 1.82) is 0 Å². The van der Waals surface area contributed by atoms with Gasteiger partial charge in [0, 0.05) is 17.6 Å². The lowest BCUT2D eigenvalue weighted by atomic mass is 9.82. The number of carbonyl (C=O) groups is 1. The standard InChI is InChI=1S/C15H20BrNO2/c1-15(2,11-5-7-12(16)8-6-11)14(19)17-9-3-4-13(18)10-17/h5-8,13,18H,3-4,9-10H2,1-2H3. The quantitative estimate of drug-likeness (QED) is 0.908. The van der Waals surface area contributed by atoms with Crippen LogP contribution in [0.4, 0.5) is 0 Å². The van der Waals surface area contributed by atoms with Crippen LogP contribution in [-0.4, -0.2) is 35.1 Å². The van der Waals surface area contributed by atoms with Crippen LogP contribution >= 0.6 is 15.9 Å². The molecule has 19 heavy (non-hydrogen) atoms. The first-order valence-electron chi connectivity index (χ1n) is 6.65. The highest BCUT2D eigenvalue weighted by Crippen LogP contribution is 2.28. The molecule has 0 aliphatic carbocycles. The number of hydrogen-bond acceptors (Lipinski definition) is 2. The molecule has 4 heteroatoms. The van der Waals surface area contributed by atoms with Crippen LogP contribution in [0.1, 0.15) is 32.3 Å². The van der Waals surface area contributed by atoms with Crippen molar-refractivity contribution < 1.29 is 9.90 Å². The van der Waals surface area contributed by atoms with Gasteiger partial charge in [0.25, 0.3) is 0 Å². The lowest BCUT2D eigenvalue weighted by Crippen LogP contribution is -2.49. The molecule has 1 N–H and O–H groups in total. The van der Waals surface area contributed by atoms with E-state index in [0.717, 1.165) is 29.4 Å². The fourth-order valence-electron chi connectivity index (χ4n) is 2.52. The number of piperidine rings is 1. The molecule has 1 saturated heterocycles. The van der Waals surface area contributed by atoms with Crippen LogP contribution in [0.2, 0.25) is 0 Å². The first kappa shape index (κ1) is 14.5. The van der Waals surface area contributed by atoms with Gasteiger partial charge in [0.05, 0.1) is 11.5 Å². The summed E-state index contributed by atoms with van der Waals surface area (Å²) < 4.78 is 1.01. The summed E-state index contributed by atoms with van der Waals surface area (Å²) in [5, 5.41) is 9.70. The fraction of sp³-hybridized carbons (Fsp3) is 0.533. The van der Waals surface area contributed by atoms with E-state index in [1.807, 2.05) is 38.1 Å². The molecular formula is C15H20BrNO2. The van der Waals surface area contributed by atoms with Crippen molar-refractivity contribution in [2.45, 2.75) is 38.2 Å². The number of β-amino-alcohol motifs (C(OH)–C–C–N with tert-alkyl or cyclic N) is 1. The van der Waals surface area contributed by atoms with Crippen molar-refractivity contribution in [3.05, 3.63) is 34.3 Å². The monoisotopic (exact) mass is 325 g/mol. The number of rotatable bonds is 2. The molecule has 0 aromatic heterocycles. The maximum Gasteiger partial charge on any atom is 0.232 e. The van der Waals surface area contributed by atoms with E-state index in [9.17, 15) is 9.90 Å². The van der Waals surface area contributed by atoms with Crippen LogP contribution in [0, 0.1) is 0 Å². The van der Waals surface area contributed by atoms with E-state index in [-0.39, 0.29) is 12.0 Å². The second-order valence-corrected chi connectivity index (χ2v) is 6.59. The molecule has 1 aromatic carbocycles. The minimum Gasteiger partial charge on any atom is -0.391 e. The molecule has 1 atom stereocenters. The lowest BCUT2D eigenvalue weighted by molar-refractivity contribution is -0.139. The average Bonchev–Trinajstić information content (AvgIpc) is 2.38. The van der Waals surface area contributed by atoms with Gasteiger partial charge >= 0.3 is 0 Å². The summed E-state index contributed by atoms with van der Waals surface area (Å²) in [6.07, 6.45) is 1.30. The number of aliphatic hydroxyl groups is 1. The number of benzene rings is 1. The van der Waals surface area contributed by atoms with E-state index in [1.165, 1.54) is 0 Å². The van der Waals surface area contributed by atoms with Gasteiger partial charge in [0.15, 0.2) is 0 Å². The smallest absolute Gasteiger partial charge is 0.232 e. The number of likely N-dealkylation sites (tertiary alicyclic amines) is 1. The lowest BCUT2D eigenvalue weighted by Gasteiger charge is -2.36. The number of aliphatic hydroxyl groups excluding tert-OH is 1. The van der Waals surface area contributed by atoms with E-state index >= 15 is 0 Å². The van der Waals surface area contributed by atoms with Crippen LogP contribution in [0.3, 0.4) is 0 Å². The molecule has 1 unspecified atom stereocenters. The van der Waals surface area contributed by atoms with Gasteiger partial charge in [-0.3, -0.25) is 4.79 Å². The Bertz CT molecular complexity index is 456. The van der Waals surface area contributed by atoms with Gasteiger partial charge in [0.1, 0.15) is 0 Å². The van der Waals surface area contributed by atoms with Crippen molar-refractivity contribution in [3.8, 4) is 0 Å². The van der Waals surface area contributed by atoms with E-state index in [0.29, 0.717) is 6.54 Å². The average molecular weight is 326 g/mol. The van der Waals surface area contributed by atoms with Crippen LogP contribution in [-0.2, 0) is 10.2 Å². The predicted octanol–water partition coefficient (Wildman–Crippen LogP) is 2.71. The largest absolute Gasteiger partial charge is 0.391 e. The Morgan fingerprint density at radius 2 is 2.00 bits per heavy atom. The summed E-state index contributed by atoms with van der Waals surface area (Å²) in [4.78, 5) is 14.4. The molecular weight excluding hydrogens is 306 g/mol. The van der Waals surface area contributed by atoms with E-state index in [2.05, 4.69) is 15.9 Å². The van der Waals surface area contributed by atoms with Crippen LogP contribution in [0.15, 0.2) is 28.7 Å². The van der Waals surface area contributed by atoms with Crippen LogP contribution in [0.5, 0.6) is 0 Å². The molecule has 1 heterocycles. The van der Waals surface area contributed by atoms with Gasteiger partial charge in [-0.2, -0.15) is 0 Å². The summed E-state index contributed by atoms with van der Waals surface area (Å²) in [6.45, 7) is 5.09. The van der Waals surface area contributed by atoms with Crippen molar-refractivity contribution in [2.75, 3.05) is 13.1 Å². The highest BCUT2D eigenvalue weighted by Gasteiger charge is 2.35. The second kappa shape index (κ2) is 5.63. The maximum atomic E-state index is 12.7. The molecule has 0 spiro atoms. The van der Waals surface area contributed by atoms with Crippen LogP contribution in [0.25, 0.3) is 0 Å². The third-order valence-electron chi connectivity index (χ3n) is 3.78. The highest BCUT2D eigenvalue weighted by molar-refractivity contribution is 9.10. The summed E-state index contributed by atoms with van der Waals surface area (Å²) in [6, 6.07) is 7.86. The predicted molar refractivity (Wildman–Crippen MR) is 79.0 cm³/mol. The fourth-order valence-corrected chi connectivity index (χ4v) is 2.79. The second-order valence-electron chi connectivity index (χ2n) is 5.68. The Morgan fingerprint density at radius 1 is 1.37 bits per heavy atom. The van der Waals surface area contributed by atoms with Gasteiger partial charge in [-0.25, -0.2) is 0 Å². The molecule has 0 bridgehead atoms. The van der Waals surface area contributed by atoms with Crippen molar-refractivity contribution in [3.63, 3.8) is 0 Å². The number of hydrogen-bond donors (Lipinski definition) is 1. The SMILES string of the molecule is CC(C)(C(=O)N1CCCC(O)C1)c1ccc(Br)cc1. The Hall–Kier alpha value is -0.870. The Kier molecular flexibility index (Phi) is 4.31. The molecule has 104 valence electrons. The topological polar surface area (TPSA) is 40.5 Å². The van der Waals surface area contributed by atoms with E-state index < -0.39 is 5.41 Å². The molecule has 1 aliphatic rings. The molecule has 1 fully saturated rings. The molecule has 3 nitrogen and oxygen atoms in total. The zero-order valence-electron chi connectivity index (χ0n) is 11.4. The molecule has 2 rings (SSSR count). The van der Waals surface area contributed by atoms with E-state index in [4.69, 9.17) is 0 Å². The van der Waals surface area contributed by atoms with E-state index in [1.54, 1.807) is 4.90 Å². The van der Waals surface area contributed by atoms with Gasteiger partial charge in [-0.15, -0.1) is 0 Å². The number of nitrogens with zero attached hydrogens (tertiary/aromatic N) is 1. The van der Waals surface area contributed by atoms with Gasteiger partial charge in [-0.05, 0) is 44.4 Å². The highest BCUT2D eigenvalue weighted by atomic mass is 79.9. The molecule has 1 aliphatic heterocycles. The Morgan fingerprint density at radius 3 is 2.58 bits per heavy atom. The Balaban J connectivity index is 2.18. The van der Waals surface area contributed by atoms with Gasteiger partial charge in [0.2, 0.25) is 5.91 Å². The number of halogens is 1. The molecule has 0 radical (unpaired) electrons. The summed E-state index contributed by atoms with van der Waals surface area (Å²) in [7, 11) is 0. The van der Waals surface area contributed by atoms with Gasteiger partial charge in [-0.1, -0.05) is 28.1 Å². The van der Waals surface area contributed by atoms with Crippen molar-refractivity contribution >= 4 is 21.8 Å². The Labute approximate surface area is 122 Å². The first-order valence-corrected chi connectivity index (χ1v) is 7.44. The van der Waals surface area contributed by atoms with Crippen LogP contribution < -0.4 is 0 Å². The summed E-state index contributed by atoms with van der Waals surface area (Å²) in [5.74, 6) is 0.0913. The minimum absolute atomic E-state index is 0.0913. The van der Waals surface area contributed by atoms with Gasteiger partial charge < -0.3 is 10.0 Å².